The lowest BCUT2D eigenvalue weighted by Crippen LogP contribution is -2.27. The van der Waals surface area contributed by atoms with Crippen LogP contribution in [0.3, 0.4) is 0 Å². The summed E-state index contributed by atoms with van der Waals surface area (Å²) in [6.07, 6.45) is 3.23. The first-order valence-corrected chi connectivity index (χ1v) is 8.46. The van der Waals surface area contributed by atoms with Crippen molar-refractivity contribution >= 4 is 10.9 Å². The molecule has 2 aromatic heterocycles. The monoisotopic (exact) mass is 303 g/mol. The van der Waals surface area contributed by atoms with E-state index in [1.165, 1.54) is 28.5 Å². The van der Waals surface area contributed by atoms with Gasteiger partial charge >= 0.3 is 0 Å². The van der Waals surface area contributed by atoms with Gasteiger partial charge in [-0.1, -0.05) is 24.3 Å². The minimum Gasteiger partial charge on any atom is -0.343 e. The van der Waals surface area contributed by atoms with Crippen LogP contribution in [0.15, 0.2) is 36.5 Å². The van der Waals surface area contributed by atoms with Crippen molar-refractivity contribution in [3.8, 4) is 0 Å². The van der Waals surface area contributed by atoms with E-state index in [0.717, 1.165) is 25.3 Å². The predicted molar refractivity (Wildman–Crippen MR) is 92.8 cm³/mol. The van der Waals surface area contributed by atoms with Crippen molar-refractivity contribution in [1.82, 2.24) is 14.5 Å². The van der Waals surface area contributed by atoms with Crippen LogP contribution in [0, 0.1) is 6.92 Å². The molecule has 5 rings (SSSR count). The average molecular weight is 303 g/mol. The zero-order valence-electron chi connectivity index (χ0n) is 13.7. The third-order valence-corrected chi connectivity index (χ3v) is 5.57. The second kappa shape index (κ2) is 4.68. The molecular weight excluding hydrogens is 282 g/mol. The zero-order chi connectivity index (χ0) is 15.6. The van der Waals surface area contributed by atoms with Gasteiger partial charge in [-0.25, -0.2) is 0 Å². The van der Waals surface area contributed by atoms with Crippen LogP contribution in [-0.4, -0.2) is 28.0 Å². The lowest BCUT2D eigenvalue weighted by Gasteiger charge is -2.24. The van der Waals surface area contributed by atoms with Gasteiger partial charge < -0.3 is 9.47 Å². The smallest absolute Gasteiger partial charge is 0.0525 e. The molecule has 0 spiro atoms. The van der Waals surface area contributed by atoms with Crippen molar-refractivity contribution in [2.45, 2.75) is 32.4 Å². The first kappa shape index (κ1) is 13.3. The highest BCUT2D eigenvalue weighted by molar-refractivity contribution is 5.90. The number of fused-ring (bicyclic) bond motifs is 3. The third kappa shape index (κ3) is 1.83. The Morgan fingerprint density at radius 1 is 1.17 bits per heavy atom. The van der Waals surface area contributed by atoms with Crippen LogP contribution in [0.25, 0.3) is 10.9 Å². The van der Waals surface area contributed by atoms with Crippen LogP contribution < -0.4 is 0 Å². The normalized spacial score (nSPS) is 20.2. The molecule has 2 aliphatic rings. The van der Waals surface area contributed by atoms with Gasteiger partial charge in [0.1, 0.15) is 0 Å². The Labute approximate surface area is 136 Å². The number of rotatable bonds is 1. The number of nitrogens with zero attached hydrogens (tertiary/aromatic N) is 3. The number of likely N-dealkylation sites (N-methyl/N-ethyl adjacent to an activating group) is 1. The van der Waals surface area contributed by atoms with Crippen molar-refractivity contribution in [2.24, 2.45) is 0 Å². The molecule has 3 heteroatoms. The van der Waals surface area contributed by atoms with E-state index in [2.05, 4.69) is 65.0 Å². The Bertz CT molecular complexity index is 905. The van der Waals surface area contributed by atoms with Crippen LogP contribution in [-0.2, 0) is 19.5 Å². The molecule has 1 aromatic carbocycles. The van der Waals surface area contributed by atoms with Gasteiger partial charge in [0.25, 0.3) is 0 Å². The van der Waals surface area contributed by atoms with Gasteiger partial charge in [0.2, 0.25) is 0 Å². The van der Waals surface area contributed by atoms with Crippen LogP contribution in [0.1, 0.15) is 34.0 Å². The van der Waals surface area contributed by atoms with Gasteiger partial charge in [-0.05, 0) is 36.7 Å². The Balaban J connectivity index is 1.70. The summed E-state index contributed by atoms with van der Waals surface area (Å²) in [7, 11) is 2.22. The summed E-state index contributed by atoms with van der Waals surface area (Å²) < 4.78 is 2.59. The fourth-order valence-corrected chi connectivity index (χ4v) is 4.40. The molecule has 0 saturated heterocycles. The van der Waals surface area contributed by atoms with Gasteiger partial charge in [-0.2, -0.15) is 0 Å². The second-order valence-electron chi connectivity index (χ2n) is 7.05. The van der Waals surface area contributed by atoms with E-state index in [0.29, 0.717) is 5.92 Å². The standard InChI is InChI=1S/C20H21N3/c1-13-6-7-14(10-21-13)17-12-23-19-8-9-22(2)11-18(19)16-5-3-4-15(17)20(16)23/h3-7,10,17H,8-9,11-12H2,1-2H3. The molecule has 1 atom stereocenters. The number of aryl methyl sites for hydroxylation is 1. The van der Waals surface area contributed by atoms with Crippen LogP contribution in [0.5, 0.6) is 0 Å². The molecule has 1 unspecified atom stereocenters. The fourth-order valence-electron chi connectivity index (χ4n) is 4.40. The molecule has 0 fully saturated rings. The lowest BCUT2D eigenvalue weighted by molar-refractivity contribution is 0.309. The molecule has 3 aromatic rings. The number of hydrogen-bond acceptors (Lipinski definition) is 2. The third-order valence-electron chi connectivity index (χ3n) is 5.57. The SMILES string of the molecule is Cc1ccc(C2Cn3c4c(c5cccc2c53)CN(C)CC4)cn1. The summed E-state index contributed by atoms with van der Waals surface area (Å²) >= 11 is 0. The molecule has 0 aliphatic carbocycles. The minimum atomic E-state index is 0.451. The zero-order valence-corrected chi connectivity index (χ0v) is 13.7. The van der Waals surface area contributed by atoms with Crippen LogP contribution >= 0.6 is 0 Å². The summed E-state index contributed by atoms with van der Waals surface area (Å²) in [6.45, 7) is 5.36. The molecular formula is C20H21N3. The summed E-state index contributed by atoms with van der Waals surface area (Å²) in [4.78, 5) is 6.95. The van der Waals surface area contributed by atoms with E-state index in [1.807, 2.05) is 0 Å². The molecule has 0 amide bonds. The number of para-hydroxylation sites is 1. The maximum absolute atomic E-state index is 4.52. The van der Waals surface area contributed by atoms with Gasteiger partial charge in [0.05, 0.1) is 5.52 Å². The Hall–Kier alpha value is -2.13. The summed E-state index contributed by atoms with van der Waals surface area (Å²) in [5, 5.41) is 1.46. The summed E-state index contributed by atoms with van der Waals surface area (Å²) in [5.41, 5.74) is 8.49. The summed E-state index contributed by atoms with van der Waals surface area (Å²) in [5.74, 6) is 0.451. The van der Waals surface area contributed by atoms with Crippen molar-refractivity contribution in [3.05, 3.63) is 64.6 Å². The minimum absolute atomic E-state index is 0.451. The maximum Gasteiger partial charge on any atom is 0.0525 e. The van der Waals surface area contributed by atoms with Crippen molar-refractivity contribution in [3.63, 3.8) is 0 Å². The highest BCUT2D eigenvalue weighted by atomic mass is 15.1. The van der Waals surface area contributed by atoms with Crippen molar-refractivity contribution < 1.29 is 0 Å². The number of benzene rings is 1. The van der Waals surface area contributed by atoms with Crippen molar-refractivity contribution in [1.29, 1.82) is 0 Å². The van der Waals surface area contributed by atoms with Gasteiger partial charge in [-0.15, -0.1) is 0 Å². The second-order valence-corrected chi connectivity index (χ2v) is 7.05. The Kier molecular flexibility index (Phi) is 2.71. The number of aromatic nitrogens is 2. The molecule has 4 heterocycles. The highest BCUT2D eigenvalue weighted by Crippen LogP contribution is 2.43. The van der Waals surface area contributed by atoms with E-state index in [1.54, 1.807) is 11.3 Å². The largest absolute Gasteiger partial charge is 0.343 e. The molecule has 23 heavy (non-hydrogen) atoms. The molecule has 116 valence electrons. The quantitative estimate of drug-likeness (QED) is 0.686. The van der Waals surface area contributed by atoms with E-state index < -0.39 is 0 Å². The van der Waals surface area contributed by atoms with E-state index in [-0.39, 0.29) is 0 Å². The first-order valence-electron chi connectivity index (χ1n) is 8.46. The van der Waals surface area contributed by atoms with E-state index in [4.69, 9.17) is 0 Å². The van der Waals surface area contributed by atoms with E-state index >= 15 is 0 Å². The predicted octanol–water partition coefficient (Wildman–Crippen LogP) is 3.48. The highest BCUT2D eigenvalue weighted by Gasteiger charge is 2.32. The molecule has 0 bridgehead atoms. The lowest BCUT2D eigenvalue weighted by atomic mass is 9.92. The average Bonchev–Trinajstić information content (AvgIpc) is 3.09. The van der Waals surface area contributed by atoms with Crippen LogP contribution in [0.4, 0.5) is 0 Å². The molecule has 2 aliphatic heterocycles. The number of hydrogen-bond donors (Lipinski definition) is 0. The molecule has 0 radical (unpaired) electrons. The van der Waals surface area contributed by atoms with Crippen molar-refractivity contribution in [2.75, 3.05) is 13.6 Å². The molecule has 3 nitrogen and oxygen atoms in total. The summed E-state index contributed by atoms with van der Waals surface area (Å²) in [6, 6.07) is 11.2. The maximum atomic E-state index is 4.52. The topological polar surface area (TPSA) is 21.1 Å². The Morgan fingerprint density at radius 3 is 2.91 bits per heavy atom. The fraction of sp³-hybridized carbons (Fsp3) is 0.350. The van der Waals surface area contributed by atoms with Gasteiger partial charge in [0.15, 0.2) is 0 Å². The Morgan fingerprint density at radius 2 is 2.09 bits per heavy atom. The van der Waals surface area contributed by atoms with E-state index in [9.17, 15) is 0 Å². The molecule has 0 saturated carbocycles. The first-order chi connectivity index (χ1) is 11.2. The number of pyridine rings is 1. The molecule has 0 N–H and O–H groups in total. The van der Waals surface area contributed by atoms with Gasteiger partial charge in [0, 0.05) is 54.9 Å². The van der Waals surface area contributed by atoms with Gasteiger partial charge in [-0.3, -0.25) is 4.98 Å². The van der Waals surface area contributed by atoms with Crippen LogP contribution in [0.2, 0.25) is 0 Å².